The largest absolute Gasteiger partial charge is 0.494 e. The predicted molar refractivity (Wildman–Crippen MR) is 127 cm³/mol. The van der Waals surface area contributed by atoms with Crippen LogP contribution in [0.15, 0.2) is 41.5 Å². The number of benzene rings is 1. The van der Waals surface area contributed by atoms with Gasteiger partial charge in [0, 0.05) is 11.6 Å². The summed E-state index contributed by atoms with van der Waals surface area (Å²) < 4.78 is 5.77. The van der Waals surface area contributed by atoms with Gasteiger partial charge in [-0.05, 0) is 75.6 Å². The number of likely N-dealkylation sites (tertiary alicyclic amines) is 1. The van der Waals surface area contributed by atoms with Crippen molar-refractivity contribution in [1.82, 2.24) is 10.3 Å². The number of nitro groups is 1. The van der Waals surface area contributed by atoms with Crippen molar-refractivity contribution in [3.8, 4) is 5.75 Å². The zero-order valence-corrected chi connectivity index (χ0v) is 19.0. The van der Waals surface area contributed by atoms with Crippen LogP contribution in [0, 0.1) is 10.1 Å². The maximum atomic E-state index is 12.2. The zero-order valence-electron chi connectivity index (χ0n) is 18.2. The first-order valence-electron chi connectivity index (χ1n) is 11.1. The van der Waals surface area contributed by atoms with Crippen LogP contribution >= 0.6 is 11.3 Å². The third kappa shape index (κ3) is 8.05. The van der Waals surface area contributed by atoms with Gasteiger partial charge in [0.25, 0.3) is 5.91 Å². The topological polar surface area (TPSA) is 97.1 Å². The van der Waals surface area contributed by atoms with Crippen LogP contribution in [0.4, 0.5) is 5.00 Å². The van der Waals surface area contributed by atoms with E-state index in [4.69, 9.17) is 4.74 Å². The lowest BCUT2D eigenvalue weighted by atomic mass is 10.1. The normalized spacial score (nSPS) is 14.5. The Morgan fingerprint density at radius 1 is 1.09 bits per heavy atom. The lowest BCUT2D eigenvalue weighted by Crippen LogP contribution is -2.30. The molecule has 172 valence electrons. The number of nitrogens with zero attached hydrogens (tertiary/aromatic N) is 3. The fourth-order valence-corrected chi connectivity index (χ4v) is 4.29. The highest BCUT2D eigenvalue weighted by Gasteiger charge is 2.10. The van der Waals surface area contributed by atoms with Gasteiger partial charge in [-0.25, -0.2) is 5.43 Å². The molecule has 0 radical (unpaired) electrons. The number of nitrogens with one attached hydrogen (secondary N) is 1. The fourth-order valence-electron chi connectivity index (χ4n) is 3.60. The molecule has 1 aliphatic heterocycles. The van der Waals surface area contributed by atoms with E-state index in [1.165, 1.54) is 70.4 Å². The molecule has 0 bridgehead atoms. The minimum atomic E-state index is -0.458. The highest BCUT2D eigenvalue weighted by Crippen LogP contribution is 2.22. The lowest BCUT2D eigenvalue weighted by Gasteiger charge is -2.26. The van der Waals surface area contributed by atoms with Crippen LogP contribution in [0.2, 0.25) is 0 Å². The number of amides is 1. The molecule has 0 spiro atoms. The van der Waals surface area contributed by atoms with Crippen molar-refractivity contribution < 1.29 is 14.5 Å². The standard InChI is InChI=1S/C23H30N4O4S/c28-23(25-24-18-21-12-13-22(32-21)27(29)30)19-8-10-20(11-9-19)31-17-7-2-1-4-14-26-15-5-3-6-16-26/h8-13,18H,1-7,14-17H2,(H,25,28). The van der Waals surface area contributed by atoms with Crippen molar-refractivity contribution in [1.29, 1.82) is 0 Å². The molecule has 32 heavy (non-hydrogen) atoms. The van der Waals surface area contributed by atoms with Gasteiger partial charge in [-0.3, -0.25) is 14.9 Å². The van der Waals surface area contributed by atoms with Gasteiger partial charge in [-0.1, -0.05) is 30.6 Å². The third-order valence-electron chi connectivity index (χ3n) is 5.35. The van der Waals surface area contributed by atoms with Gasteiger partial charge in [0.05, 0.1) is 22.6 Å². The molecule has 0 atom stereocenters. The van der Waals surface area contributed by atoms with E-state index in [1.54, 1.807) is 30.3 Å². The van der Waals surface area contributed by atoms with Crippen LogP contribution in [0.25, 0.3) is 0 Å². The first-order chi connectivity index (χ1) is 15.6. The molecular formula is C23H30N4O4S. The average Bonchev–Trinajstić information content (AvgIpc) is 3.29. The van der Waals surface area contributed by atoms with Crippen LogP contribution in [-0.2, 0) is 0 Å². The molecule has 1 saturated heterocycles. The summed E-state index contributed by atoms with van der Waals surface area (Å²) in [5.74, 6) is 0.386. The Balaban J connectivity index is 1.29. The number of unbranched alkanes of at least 4 members (excludes halogenated alkanes) is 3. The van der Waals surface area contributed by atoms with Gasteiger partial charge in [0.15, 0.2) is 0 Å². The highest BCUT2D eigenvalue weighted by atomic mass is 32.1. The number of carbonyl (C=O) groups excluding carboxylic acids is 1. The number of hydrogen-bond acceptors (Lipinski definition) is 7. The summed E-state index contributed by atoms with van der Waals surface area (Å²) in [5.41, 5.74) is 2.89. The highest BCUT2D eigenvalue weighted by molar-refractivity contribution is 7.16. The van der Waals surface area contributed by atoms with Crippen LogP contribution < -0.4 is 10.2 Å². The Hall–Kier alpha value is -2.78. The molecule has 0 unspecified atom stereocenters. The maximum Gasteiger partial charge on any atom is 0.324 e. The maximum absolute atomic E-state index is 12.2. The van der Waals surface area contributed by atoms with E-state index in [2.05, 4.69) is 15.4 Å². The Labute approximate surface area is 192 Å². The fraction of sp³-hybridized carbons (Fsp3) is 0.478. The molecule has 0 aliphatic carbocycles. The summed E-state index contributed by atoms with van der Waals surface area (Å²) in [5, 5.41) is 14.6. The molecule has 1 amide bonds. The van der Waals surface area contributed by atoms with Gasteiger partial charge in [0.2, 0.25) is 0 Å². The Morgan fingerprint density at radius 2 is 1.84 bits per heavy atom. The van der Waals surface area contributed by atoms with Crippen molar-refractivity contribution in [3.05, 3.63) is 57.0 Å². The summed E-state index contributed by atoms with van der Waals surface area (Å²) in [6.45, 7) is 4.43. The molecule has 1 aliphatic rings. The van der Waals surface area contributed by atoms with Gasteiger partial charge in [-0.2, -0.15) is 5.10 Å². The Kier molecular flexibility index (Phi) is 9.64. The first-order valence-corrected chi connectivity index (χ1v) is 12.0. The van der Waals surface area contributed by atoms with E-state index in [-0.39, 0.29) is 10.9 Å². The van der Waals surface area contributed by atoms with Crippen molar-refractivity contribution in [2.24, 2.45) is 5.10 Å². The third-order valence-corrected chi connectivity index (χ3v) is 6.32. The smallest absolute Gasteiger partial charge is 0.324 e. The number of carbonyl (C=O) groups is 1. The lowest BCUT2D eigenvalue weighted by molar-refractivity contribution is -0.380. The molecule has 0 saturated carbocycles. The summed E-state index contributed by atoms with van der Waals surface area (Å²) in [6, 6.07) is 9.92. The Morgan fingerprint density at radius 3 is 2.56 bits per heavy atom. The van der Waals surface area contributed by atoms with Crippen molar-refractivity contribution >= 4 is 28.5 Å². The molecular weight excluding hydrogens is 428 g/mol. The van der Waals surface area contributed by atoms with Gasteiger partial charge < -0.3 is 9.64 Å². The van der Waals surface area contributed by atoms with Gasteiger partial charge in [0.1, 0.15) is 5.75 Å². The molecule has 1 fully saturated rings. The number of hydrogen-bond donors (Lipinski definition) is 1. The molecule has 1 aromatic heterocycles. The molecule has 2 aromatic rings. The van der Waals surface area contributed by atoms with Crippen LogP contribution in [-0.4, -0.2) is 48.2 Å². The van der Waals surface area contributed by atoms with E-state index in [0.717, 1.165) is 23.5 Å². The van der Waals surface area contributed by atoms with Crippen molar-refractivity contribution in [2.45, 2.75) is 44.9 Å². The van der Waals surface area contributed by atoms with E-state index < -0.39 is 4.92 Å². The van der Waals surface area contributed by atoms with E-state index in [9.17, 15) is 14.9 Å². The van der Waals surface area contributed by atoms with Gasteiger partial charge >= 0.3 is 5.00 Å². The average molecular weight is 459 g/mol. The van der Waals surface area contributed by atoms with Crippen molar-refractivity contribution in [2.75, 3.05) is 26.2 Å². The first kappa shape index (κ1) is 23.9. The molecule has 3 rings (SSSR count). The van der Waals surface area contributed by atoms with Crippen molar-refractivity contribution in [3.63, 3.8) is 0 Å². The second kappa shape index (κ2) is 12.9. The predicted octanol–water partition coefficient (Wildman–Crippen LogP) is 4.85. The molecule has 8 nitrogen and oxygen atoms in total. The monoisotopic (exact) mass is 458 g/mol. The number of ether oxygens (including phenoxy) is 1. The summed E-state index contributed by atoms with van der Waals surface area (Å²) in [7, 11) is 0. The van der Waals surface area contributed by atoms with Gasteiger partial charge in [-0.15, -0.1) is 0 Å². The number of rotatable bonds is 12. The van der Waals surface area contributed by atoms with Crippen LogP contribution in [0.5, 0.6) is 5.75 Å². The molecule has 1 aromatic carbocycles. The summed E-state index contributed by atoms with van der Waals surface area (Å²) in [6.07, 6.45) is 10.2. The van der Waals surface area contributed by atoms with E-state index in [0.29, 0.717) is 17.0 Å². The minimum Gasteiger partial charge on any atom is -0.494 e. The summed E-state index contributed by atoms with van der Waals surface area (Å²) in [4.78, 5) is 25.6. The second-order valence-electron chi connectivity index (χ2n) is 7.82. The summed E-state index contributed by atoms with van der Waals surface area (Å²) >= 11 is 0.992. The molecule has 2 heterocycles. The molecule has 9 heteroatoms. The number of thiophene rings is 1. The zero-order chi connectivity index (χ0) is 22.6. The minimum absolute atomic E-state index is 0.0332. The van der Waals surface area contributed by atoms with Crippen LogP contribution in [0.1, 0.15) is 60.2 Å². The van der Waals surface area contributed by atoms with E-state index >= 15 is 0 Å². The quantitative estimate of drug-likeness (QED) is 0.212. The number of hydrazone groups is 1. The molecule has 1 N–H and O–H groups in total. The van der Waals surface area contributed by atoms with E-state index in [1.807, 2.05) is 0 Å². The Bertz CT molecular complexity index is 892. The second-order valence-corrected chi connectivity index (χ2v) is 8.92. The number of piperidine rings is 1. The van der Waals surface area contributed by atoms with Crippen LogP contribution in [0.3, 0.4) is 0 Å². The SMILES string of the molecule is O=C(NN=Cc1ccc([N+](=O)[O-])s1)c1ccc(OCCCCCCN2CCCCC2)cc1.